The summed E-state index contributed by atoms with van der Waals surface area (Å²) in [6.45, 7) is 7.05. The van der Waals surface area contributed by atoms with Crippen LogP contribution in [0.2, 0.25) is 0 Å². The van der Waals surface area contributed by atoms with Gasteiger partial charge in [0.25, 0.3) is 0 Å². The molecule has 2 unspecified atom stereocenters. The molecule has 2 aliphatic heterocycles. The number of carbonyl (C=O) groups is 6. The summed E-state index contributed by atoms with van der Waals surface area (Å²) in [7, 11) is 0. The number of carbonyl (C=O) groups excluding carboxylic acids is 6. The number of allylic oxidation sites excluding steroid dienone is 2. The fourth-order valence-electron chi connectivity index (χ4n) is 6.41. The van der Waals surface area contributed by atoms with E-state index in [0.29, 0.717) is 12.8 Å². The van der Waals surface area contributed by atoms with E-state index in [1.807, 2.05) is 48.5 Å². The number of esters is 4. The third kappa shape index (κ3) is 11.3. The predicted octanol–water partition coefficient (Wildman–Crippen LogP) is 5.91. The van der Waals surface area contributed by atoms with Gasteiger partial charge in [0.05, 0.1) is 24.3 Å². The molecule has 58 heavy (non-hydrogen) atoms. The molecule has 0 amide bonds. The lowest BCUT2D eigenvalue weighted by molar-refractivity contribution is -0.135. The van der Waals surface area contributed by atoms with Crippen molar-refractivity contribution in [1.82, 2.24) is 0 Å². The molecule has 0 aromatic heterocycles. The van der Waals surface area contributed by atoms with Crippen molar-refractivity contribution in [1.29, 1.82) is 0 Å². The summed E-state index contributed by atoms with van der Waals surface area (Å²) >= 11 is 0. The molecule has 4 atom stereocenters. The summed E-state index contributed by atoms with van der Waals surface area (Å²) in [6, 6.07) is 26.8. The molecule has 0 spiro atoms. The minimum atomic E-state index is -0.739. The van der Waals surface area contributed by atoms with E-state index in [-0.39, 0.29) is 73.1 Å². The highest BCUT2D eigenvalue weighted by atomic mass is 16.7. The zero-order valence-electron chi connectivity index (χ0n) is 31.7. The Morgan fingerprint density at radius 2 is 0.862 bits per heavy atom. The summed E-state index contributed by atoms with van der Waals surface area (Å²) in [6.07, 6.45) is 1.57. The molecule has 4 aromatic carbocycles. The van der Waals surface area contributed by atoms with E-state index in [4.69, 9.17) is 28.4 Å². The number of aryl methyl sites for hydroxylation is 2. The van der Waals surface area contributed by atoms with Crippen molar-refractivity contribution in [2.24, 2.45) is 0 Å². The Labute approximate surface area is 335 Å². The molecule has 0 saturated carbocycles. The quantitative estimate of drug-likeness (QED) is 0.0669. The van der Waals surface area contributed by atoms with Crippen molar-refractivity contribution < 1.29 is 57.2 Å². The van der Waals surface area contributed by atoms with E-state index < -0.39 is 48.3 Å². The molecule has 12 nitrogen and oxygen atoms in total. The molecule has 2 heterocycles. The van der Waals surface area contributed by atoms with E-state index in [1.165, 1.54) is 60.7 Å². The first kappa shape index (κ1) is 41.1. The number of ketones is 2. The van der Waals surface area contributed by atoms with Gasteiger partial charge in [-0.15, -0.1) is 0 Å². The molecular weight excluding hydrogens is 744 g/mol. The fourth-order valence-corrected chi connectivity index (χ4v) is 6.41. The van der Waals surface area contributed by atoms with Crippen molar-refractivity contribution in [3.8, 4) is 11.5 Å². The maximum absolute atomic E-state index is 13.0. The highest BCUT2D eigenvalue weighted by Crippen LogP contribution is 2.32. The second kappa shape index (κ2) is 19.6. The van der Waals surface area contributed by atoms with Crippen molar-refractivity contribution in [3.05, 3.63) is 156 Å². The molecule has 2 saturated heterocycles. The number of fused-ring (bicyclic) bond motifs is 1. The lowest BCUT2D eigenvalue weighted by Gasteiger charge is -2.17. The molecule has 0 aliphatic carbocycles. The number of benzene rings is 4. The molecule has 12 heteroatoms. The largest absolute Gasteiger partial charge is 0.453 e. The second-order valence-electron chi connectivity index (χ2n) is 13.8. The van der Waals surface area contributed by atoms with Crippen molar-refractivity contribution in [2.75, 3.05) is 13.2 Å². The molecule has 0 N–H and O–H groups in total. The van der Waals surface area contributed by atoms with Crippen LogP contribution in [0.5, 0.6) is 11.5 Å². The van der Waals surface area contributed by atoms with E-state index in [2.05, 4.69) is 13.2 Å². The van der Waals surface area contributed by atoms with Crippen LogP contribution in [0.4, 0.5) is 0 Å². The lowest BCUT2D eigenvalue weighted by Crippen LogP contribution is -2.36. The van der Waals surface area contributed by atoms with E-state index in [1.54, 1.807) is 0 Å². The van der Waals surface area contributed by atoms with Gasteiger partial charge in [-0.1, -0.05) is 61.7 Å². The van der Waals surface area contributed by atoms with Crippen molar-refractivity contribution in [3.63, 3.8) is 0 Å². The summed E-state index contributed by atoms with van der Waals surface area (Å²) < 4.78 is 33.9. The topological polar surface area (TPSA) is 158 Å². The molecule has 6 rings (SSSR count). The minimum absolute atomic E-state index is 0.0443. The first-order valence-corrected chi connectivity index (χ1v) is 18.8. The molecular formula is C46H42O12. The van der Waals surface area contributed by atoms with Gasteiger partial charge in [-0.05, 0) is 95.8 Å². The van der Waals surface area contributed by atoms with Gasteiger partial charge in [-0.25, -0.2) is 9.59 Å². The van der Waals surface area contributed by atoms with Gasteiger partial charge in [-0.2, -0.15) is 0 Å². The normalized spacial score (nSPS) is 18.0. The monoisotopic (exact) mass is 786 g/mol. The van der Waals surface area contributed by atoms with Crippen LogP contribution in [0, 0.1) is 0 Å². The van der Waals surface area contributed by atoms with Crippen LogP contribution in [-0.2, 0) is 63.8 Å². The van der Waals surface area contributed by atoms with Crippen LogP contribution in [0.25, 0.3) is 0 Å². The Balaban J connectivity index is 0.903. The summed E-state index contributed by atoms with van der Waals surface area (Å²) in [5.74, 6) is -1.69. The number of hydrogen-bond donors (Lipinski definition) is 0. The molecule has 4 aromatic rings. The van der Waals surface area contributed by atoms with Gasteiger partial charge in [0.15, 0.2) is 23.8 Å². The summed E-state index contributed by atoms with van der Waals surface area (Å²) in [4.78, 5) is 73.9. The Morgan fingerprint density at radius 3 is 1.21 bits per heavy atom. The molecule has 298 valence electrons. The first-order chi connectivity index (χ1) is 28.1. The van der Waals surface area contributed by atoms with Gasteiger partial charge in [0.1, 0.15) is 23.7 Å². The Morgan fingerprint density at radius 1 is 0.517 bits per heavy atom. The van der Waals surface area contributed by atoms with E-state index >= 15 is 0 Å². The number of hydrogen-bond acceptors (Lipinski definition) is 12. The Kier molecular flexibility index (Phi) is 13.9. The average molecular weight is 787 g/mol. The Bertz CT molecular complexity index is 1980. The maximum atomic E-state index is 13.0. The molecule has 0 bridgehead atoms. The number of ether oxygens (including phenoxy) is 6. The van der Waals surface area contributed by atoms with Gasteiger partial charge in [0.2, 0.25) is 0 Å². The summed E-state index contributed by atoms with van der Waals surface area (Å²) in [5.41, 5.74) is 4.06. The third-order valence-corrected chi connectivity index (χ3v) is 9.62. The second-order valence-corrected chi connectivity index (χ2v) is 13.8. The molecule has 2 aliphatic rings. The molecule has 0 radical (unpaired) electrons. The standard InChI is InChI=1S/C46H42O12/c1-3-35(47)25-31-9-5-29(6-10-31)13-23-41(49)55-37-19-15-33(16-20-37)45(51)57-39-27-53-44-40(28-54-43(39)44)58-46(52)34-17-21-38(22-18-34)56-42(50)24-14-30-7-11-32(12-8-30)26-36(48)4-2/h3-12,15-22,39-40,43-44H,1-2,13-14,23-28H2/t39-,40-,43?,44?/m1/s1. The maximum Gasteiger partial charge on any atom is 0.338 e. The van der Waals surface area contributed by atoms with Gasteiger partial charge >= 0.3 is 23.9 Å². The van der Waals surface area contributed by atoms with E-state index in [9.17, 15) is 28.8 Å². The van der Waals surface area contributed by atoms with Gasteiger partial charge in [-0.3, -0.25) is 19.2 Å². The van der Waals surface area contributed by atoms with Crippen molar-refractivity contribution >= 4 is 35.4 Å². The zero-order chi connectivity index (χ0) is 41.0. The SMILES string of the molecule is C=CC(=O)Cc1ccc(CCC(=O)Oc2ccc(C(=O)O[C@@H]3COC4C3OC[C@H]4OC(=O)c3ccc(OC(=O)CCc4ccc(CC(=O)C=C)cc4)cc3)cc2)cc1. The highest BCUT2D eigenvalue weighted by Gasteiger charge is 2.51. The molecule has 2 fully saturated rings. The fraction of sp³-hybridized carbons (Fsp3) is 0.261. The van der Waals surface area contributed by atoms with Gasteiger partial charge < -0.3 is 28.4 Å². The van der Waals surface area contributed by atoms with Crippen LogP contribution in [0.15, 0.2) is 122 Å². The van der Waals surface area contributed by atoms with E-state index in [0.717, 1.165) is 22.3 Å². The van der Waals surface area contributed by atoms with Crippen LogP contribution in [0.1, 0.15) is 55.8 Å². The summed E-state index contributed by atoms with van der Waals surface area (Å²) in [5, 5.41) is 0. The number of rotatable bonds is 18. The lowest BCUT2D eigenvalue weighted by atomic mass is 10.0. The van der Waals surface area contributed by atoms with Crippen LogP contribution < -0.4 is 9.47 Å². The van der Waals surface area contributed by atoms with Crippen LogP contribution in [-0.4, -0.2) is 73.1 Å². The van der Waals surface area contributed by atoms with Gasteiger partial charge in [0, 0.05) is 25.7 Å². The first-order valence-electron chi connectivity index (χ1n) is 18.8. The third-order valence-electron chi connectivity index (χ3n) is 9.62. The smallest absolute Gasteiger partial charge is 0.338 e. The van der Waals surface area contributed by atoms with Crippen LogP contribution in [0.3, 0.4) is 0 Å². The average Bonchev–Trinajstić information content (AvgIpc) is 3.83. The van der Waals surface area contributed by atoms with Crippen LogP contribution >= 0.6 is 0 Å². The van der Waals surface area contributed by atoms with Crippen molar-refractivity contribution in [2.45, 2.75) is 62.9 Å². The Hall–Kier alpha value is -6.50. The highest BCUT2D eigenvalue weighted by molar-refractivity contribution is 5.92. The zero-order valence-corrected chi connectivity index (χ0v) is 31.7. The minimum Gasteiger partial charge on any atom is -0.453 e. The predicted molar refractivity (Wildman–Crippen MR) is 209 cm³/mol.